The molecule has 2 N–H and O–H groups in total. The highest BCUT2D eigenvalue weighted by Gasteiger charge is 2.36. The number of β-amino-alcohol motifs (C(OH)–C–C–N with tert-alkyl or cyclic N) is 1. The number of likely N-dealkylation sites (tertiary alicyclic amines) is 1. The maximum Gasteiger partial charge on any atom is 0.264 e. The van der Waals surface area contributed by atoms with Crippen LogP contribution in [-0.2, 0) is 16.0 Å². The van der Waals surface area contributed by atoms with Crippen molar-refractivity contribution in [2.24, 2.45) is 0 Å². The molecule has 7 nitrogen and oxygen atoms in total. The van der Waals surface area contributed by atoms with Crippen LogP contribution < -0.4 is 10.1 Å². The second kappa shape index (κ2) is 9.08. The Hall–Kier alpha value is -2.90. The summed E-state index contributed by atoms with van der Waals surface area (Å²) in [5, 5.41) is 12.7. The lowest BCUT2D eigenvalue weighted by Crippen LogP contribution is -2.44. The fourth-order valence-electron chi connectivity index (χ4n) is 4.42. The molecule has 0 aliphatic carbocycles. The number of likely N-dealkylation sites (N-methyl/N-ethyl adjacent to an activating group) is 1. The summed E-state index contributed by atoms with van der Waals surface area (Å²) >= 11 is 0. The number of para-hydroxylation sites is 1. The first-order chi connectivity index (χ1) is 14.9. The Morgan fingerprint density at radius 2 is 2.00 bits per heavy atom. The summed E-state index contributed by atoms with van der Waals surface area (Å²) in [5.74, 6) is 0.294. The lowest BCUT2D eigenvalue weighted by molar-refractivity contribution is -0.139. The van der Waals surface area contributed by atoms with Crippen molar-refractivity contribution < 1.29 is 19.4 Å². The largest absolute Gasteiger partial charge is 0.478 e. The number of aliphatic hydroxyl groups excluding tert-OH is 1. The monoisotopic (exact) mass is 423 g/mol. The molecule has 2 aromatic carbocycles. The van der Waals surface area contributed by atoms with E-state index in [2.05, 4.69) is 10.2 Å². The number of nitrogens with one attached hydrogen (secondary N) is 1. The Kier molecular flexibility index (Phi) is 6.25. The normalized spacial score (nSPS) is 21.3. The van der Waals surface area contributed by atoms with E-state index in [1.54, 1.807) is 11.0 Å². The van der Waals surface area contributed by atoms with E-state index in [0.717, 1.165) is 24.1 Å². The molecular formula is C24H29N3O4. The summed E-state index contributed by atoms with van der Waals surface area (Å²) in [7, 11) is 1.81. The van der Waals surface area contributed by atoms with Crippen molar-refractivity contribution in [2.45, 2.75) is 38.0 Å². The molecule has 1 saturated heterocycles. The molecule has 31 heavy (non-hydrogen) atoms. The number of carbonyl (C=O) groups excluding carboxylic acids is 2. The number of fused-ring (bicyclic) bond motifs is 1. The molecule has 0 saturated carbocycles. The topological polar surface area (TPSA) is 82.1 Å². The smallest absolute Gasteiger partial charge is 0.264 e. The minimum Gasteiger partial charge on any atom is -0.478 e. The lowest BCUT2D eigenvalue weighted by atomic mass is 10.0. The minimum atomic E-state index is -0.634. The molecular weight excluding hydrogens is 394 g/mol. The van der Waals surface area contributed by atoms with Crippen molar-refractivity contribution in [1.82, 2.24) is 9.80 Å². The van der Waals surface area contributed by atoms with Crippen LogP contribution in [0.25, 0.3) is 0 Å². The molecule has 1 fully saturated rings. The standard InChI is InChI=1S/C24H29N3O4/c1-16(28)25-20-10-6-9-18-13-22(31-23(18)20)24(30)26(2)21(17-7-4-3-5-8-17)15-27-12-11-19(29)14-27/h3-10,19,21-22,29H,11-15H2,1-2H3,(H,25,28)/t19-,21+,22-/m0/s1. The Balaban J connectivity index is 1.52. The first-order valence-electron chi connectivity index (χ1n) is 10.7. The van der Waals surface area contributed by atoms with Crippen LogP contribution in [0.3, 0.4) is 0 Å². The molecule has 2 heterocycles. The molecule has 7 heteroatoms. The van der Waals surface area contributed by atoms with Gasteiger partial charge in [-0.1, -0.05) is 42.5 Å². The number of nitrogens with zero attached hydrogens (tertiary/aromatic N) is 2. The predicted molar refractivity (Wildman–Crippen MR) is 118 cm³/mol. The maximum atomic E-state index is 13.4. The van der Waals surface area contributed by atoms with Gasteiger partial charge in [-0.25, -0.2) is 0 Å². The number of rotatable bonds is 6. The Morgan fingerprint density at radius 3 is 2.68 bits per heavy atom. The number of anilines is 1. The van der Waals surface area contributed by atoms with Crippen LogP contribution in [0.4, 0.5) is 5.69 Å². The predicted octanol–water partition coefficient (Wildman–Crippen LogP) is 2.21. The highest BCUT2D eigenvalue weighted by molar-refractivity contribution is 5.91. The number of amides is 2. The molecule has 2 aliphatic heterocycles. The van der Waals surface area contributed by atoms with Crippen LogP contribution in [-0.4, -0.2) is 65.6 Å². The van der Waals surface area contributed by atoms with Gasteiger partial charge in [0.05, 0.1) is 17.8 Å². The number of benzene rings is 2. The van der Waals surface area contributed by atoms with Crippen molar-refractivity contribution >= 4 is 17.5 Å². The van der Waals surface area contributed by atoms with Crippen LogP contribution >= 0.6 is 0 Å². The van der Waals surface area contributed by atoms with Crippen LogP contribution in [0.1, 0.15) is 30.5 Å². The van der Waals surface area contributed by atoms with E-state index in [4.69, 9.17) is 4.74 Å². The van der Waals surface area contributed by atoms with Gasteiger partial charge in [0.2, 0.25) is 5.91 Å². The van der Waals surface area contributed by atoms with E-state index in [9.17, 15) is 14.7 Å². The van der Waals surface area contributed by atoms with Crippen LogP contribution in [0, 0.1) is 0 Å². The van der Waals surface area contributed by atoms with Crippen molar-refractivity contribution in [2.75, 3.05) is 32.0 Å². The zero-order valence-corrected chi connectivity index (χ0v) is 18.0. The Bertz CT molecular complexity index is 949. The van der Waals surface area contributed by atoms with E-state index in [0.29, 0.717) is 30.9 Å². The molecule has 3 atom stereocenters. The number of hydrogen-bond donors (Lipinski definition) is 2. The van der Waals surface area contributed by atoms with Gasteiger partial charge in [-0.15, -0.1) is 0 Å². The molecule has 4 rings (SSSR count). The third-order valence-electron chi connectivity index (χ3n) is 6.03. The zero-order chi connectivity index (χ0) is 22.0. The second-order valence-corrected chi connectivity index (χ2v) is 8.36. The summed E-state index contributed by atoms with van der Waals surface area (Å²) in [6.07, 6.45) is 0.282. The van der Waals surface area contributed by atoms with Gasteiger partial charge in [0.15, 0.2) is 6.10 Å². The van der Waals surface area contributed by atoms with Crippen molar-refractivity contribution in [1.29, 1.82) is 0 Å². The summed E-state index contributed by atoms with van der Waals surface area (Å²) in [6.45, 7) is 3.54. The zero-order valence-electron chi connectivity index (χ0n) is 18.0. The highest BCUT2D eigenvalue weighted by Crippen LogP contribution is 2.37. The number of carbonyl (C=O) groups is 2. The first kappa shape index (κ1) is 21.3. The van der Waals surface area contributed by atoms with E-state index >= 15 is 0 Å². The quantitative estimate of drug-likeness (QED) is 0.745. The van der Waals surface area contributed by atoms with Gasteiger partial charge in [-0.3, -0.25) is 14.5 Å². The van der Waals surface area contributed by atoms with Gasteiger partial charge >= 0.3 is 0 Å². The van der Waals surface area contributed by atoms with Crippen LogP contribution in [0.15, 0.2) is 48.5 Å². The molecule has 2 aromatic rings. The summed E-state index contributed by atoms with van der Waals surface area (Å²) in [4.78, 5) is 28.9. The Labute approximate surface area is 182 Å². The summed E-state index contributed by atoms with van der Waals surface area (Å²) < 4.78 is 6.04. The molecule has 0 spiro atoms. The first-order valence-corrected chi connectivity index (χ1v) is 10.7. The van der Waals surface area contributed by atoms with Crippen molar-refractivity contribution in [3.63, 3.8) is 0 Å². The Morgan fingerprint density at radius 1 is 1.23 bits per heavy atom. The molecule has 0 bridgehead atoms. The van der Waals surface area contributed by atoms with Crippen molar-refractivity contribution in [3.8, 4) is 5.75 Å². The molecule has 164 valence electrons. The van der Waals surface area contributed by atoms with Gasteiger partial charge in [0.1, 0.15) is 5.75 Å². The number of ether oxygens (including phenoxy) is 1. The molecule has 0 unspecified atom stereocenters. The minimum absolute atomic E-state index is 0.0985. The molecule has 2 amide bonds. The van der Waals surface area contributed by atoms with E-state index < -0.39 is 6.10 Å². The maximum absolute atomic E-state index is 13.4. The van der Waals surface area contributed by atoms with Gasteiger partial charge in [-0.2, -0.15) is 0 Å². The average molecular weight is 424 g/mol. The van der Waals surface area contributed by atoms with Crippen molar-refractivity contribution in [3.05, 3.63) is 59.7 Å². The van der Waals surface area contributed by atoms with Crippen LogP contribution in [0.5, 0.6) is 5.75 Å². The second-order valence-electron chi connectivity index (χ2n) is 8.36. The highest BCUT2D eigenvalue weighted by atomic mass is 16.5. The van der Waals surface area contributed by atoms with Gasteiger partial charge in [0, 0.05) is 45.6 Å². The molecule has 2 aliphatic rings. The lowest BCUT2D eigenvalue weighted by Gasteiger charge is -2.33. The fraction of sp³-hybridized carbons (Fsp3) is 0.417. The van der Waals surface area contributed by atoms with Gasteiger partial charge in [0.25, 0.3) is 5.91 Å². The molecule has 0 radical (unpaired) electrons. The molecule has 0 aromatic heterocycles. The number of aliphatic hydroxyl groups is 1. The fourth-order valence-corrected chi connectivity index (χ4v) is 4.42. The van der Waals surface area contributed by atoms with Gasteiger partial charge < -0.3 is 20.1 Å². The van der Waals surface area contributed by atoms with E-state index in [1.165, 1.54) is 6.92 Å². The average Bonchev–Trinajstić information content (AvgIpc) is 3.38. The summed E-state index contributed by atoms with van der Waals surface area (Å²) in [6, 6.07) is 15.4. The van der Waals surface area contributed by atoms with E-state index in [-0.39, 0.29) is 24.0 Å². The summed E-state index contributed by atoms with van der Waals surface area (Å²) in [5.41, 5.74) is 2.56. The third kappa shape index (κ3) is 4.73. The van der Waals surface area contributed by atoms with Gasteiger partial charge in [-0.05, 0) is 18.1 Å². The SMILES string of the molecule is CC(=O)Nc1cccc2c1O[C@H](C(=O)N(C)[C@H](CN1CC[C@H](O)C1)c1ccccc1)C2. The third-order valence-corrected chi connectivity index (χ3v) is 6.03. The number of hydrogen-bond acceptors (Lipinski definition) is 5. The van der Waals surface area contributed by atoms with Crippen LogP contribution in [0.2, 0.25) is 0 Å². The van der Waals surface area contributed by atoms with E-state index in [1.807, 2.05) is 49.5 Å².